The smallest absolute Gasteiger partial charge is 0.243 e. The molecule has 0 aromatic heterocycles. The van der Waals surface area contributed by atoms with Crippen LogP contribution in [0.3, 0.4) is 0 Å². The lowest BCUT2D eigenvalue weighted by Gasteiger charge is -2.55. The van der Waals surface area contributed by atoms with Crippen LogP contribution in [-0.4, -0.2) is 36.3 Å². The van der Waals surface area contributed by atoms with E-state index in [4.69, 9.17) is 0 Å². The minimum Gasteiger partial charge on any atom is -0.352 e. The van der Waals surface area contributed by atoms with E-state index in [0.717, 1.165) is 32.1 Å². The summed E-state index contributed by atoms with van der Waals surface area (Å²) in [6.07, 6.45) is 8.87. The quantitative estimate of drug-likeness (QED) is 0.633. The van der Waals surface area contributed by atoms with Crippen molar-refractivity contribution in [3.8, 4) is 0 Å². The number of hydrogen-bond donors (Lipinski definition) is 3. The van der Waals surface area contributed by atoms with Gasteiger partial charge in [-0.25, -0.2) is 0 Å². The first-order chi connectivity index (χ1) is 12.8. The third-order valence-corrected chi connectivity index (χ3v) is 7.12. The summed E-state index contributed by atoms with van der Waals surface area (Å²) in [6.45, 7) is 3.86. The zero-order valence-electron chi connectivity index (χ0n) is 16.6. The molecule has 0 aromatic carbocycles. The lowest BCUT2D eigenvalue weighted by molar-refractivity contribution is -0.149. The fraction of sp³-hybridized carbons (Fsp3) is 0.857. The molecule has 5 saturated carbocycles. The average molecular weight is 376 g/mol. The average Bonchev–Trinajstić information content (AvgIpc) is 3.39. The number of carbonyl (C=O) groups is 3. The first-order valence-corrected chi connectivity index (χ1v) is 10.7. The second-order valence-corrected chi connectivity index (χ2v) is 9.95. The van der Waals surface area contributed by atoms with E-state index in [1.54, 1.807) is 0 Å². The van der Waals surface area contributed by atoms with Gasteiger partial charge in [-0.3, -0.25) is 14.4 Å². The number of rotatable bonds is 7. The Bertz CT molecular complexity index is 591. The highest BCUT2D eigenvalue weighted by atomic mass is 16.2. The van der Waals surface area contributed by atoms with E-state index in [1.165, 1.54) is 19.3 Å². The summed E-state index contributed by atoms with van der Waals surface area (Å²) in [4.78, 5) is 37.7. The predicted molar refractivity (Wildman–Crippen MR) is 102 cm³/mol. The molecule has 0 aromatic rings. The van der Waals surface area contributed by atoms with Crippen LogP contribution in [0.2, 0.25) is 0 Å². The second kappa shape index (κ2) is 7.10. The molecule has 0 aliphatic heterocycles. The monoisotopic (exact) mass is 375 g/mol. The largest absolute Gasteiger partial charge is 0.352 e. The molecule has 0 spiro atoms. The molecule has 27 heavy (non-hydrogen) atoms. The van der Waals surface area contributed by atoms with Crippen LogP contribution in [0.25, 0.3) is 0 Å². The van der Waals surface area contributed by atoms with E-state index in [2.05, 4.69) is 16.0 Å². The van der Waals surface area contributed by atoms with Gasteiger partial charge in [-0.2, -0.15) is 0 Å². The fourth-order valence-corrected chi connectivity index (χ4v) is 6.00. The van der Waals surface area contributed by atoms with Gasteiger partial charge in [0.2, 0.25) is 17.7 Å². The van der Waals surface area contributed by atoms with E-state index in [-0.39, 0.29) is 41.6 Å². The van der Waals surface area contributed by atoms with Gasteiger partial charge in [-0.15, -0.1) is 0 Å². The van der Waals surface area contributed by atoms with Crippen molar-refractivity contribution in [2.24, 2.45) is 29.1 Å². The van der Waals surface area contributed by atoms with E-state index in [1.807, 2.05) is 13.8 Å². The molecule has 0 heterocycles. The topological polar surface area (TPSA) is 87.3 Å². The van der Waals surface area contributed by atoms with E-state index >= 15 is 0 Å². The van der Waals surface area contributed by atoms with Crippen LogP contribution in [0.1, 0.15) is 65.2 Å². The fourth-order valence-electron chi connectivity index (χ4n) is 6.00. The predicted octanol–water partition coefficient (Wildman–Crippen LogP) is 1.74. The summed E-state index contributed by atoms with van der Waals surface area (Å²) in [7, 11) is 0. The van der Waals surface area contributed by atoms with Gasteiger partial charge in [-0.05, 0) is 75.0 Å². The Balaban J connectivity index is 1.35. The molecule has 6 heteroatoms. The van der Waals surface area contributed by atoms with Gasteiger partial charge in [0.15, 0.2) is 0 Å². The Morgan fingerprint density at radius 2 is 1.52 bits per heavy atom. The van der Waals surface area contributed by atoms with Crippen molar-refractivity contribution in [1.29, 1.82) is 0 Å². The van der Waals surface area contributed by atoms with Gasteiger partial charge >= 0.3 is 0 Å². The minimum absolute atomic E-state index is 0.0191. The summed E-state index contributed by atoms with van der Waals surface area (Å²) >= 11 is 0. The number of hydrogen-bond acceptors (Lipinski definition) is 3. The van der Waals surface area contributed by atoms with Gasteiger partial charge in [0, 0.05) is 11.5 Å². The summed E-state index contributed by atoms with van der Waals surface area (Å²) in [5.74, 6) is 1.72. The molecule has 0 radical (unpaired) electrons. The highest BCUT2D eigenvalue weighted by Crippen LogP contribution is 2.60. The van der Waals surface area contributed by atoms with Crippen LogP contribution in [0, 0.1) is 29.1 Å². The summed E-state index contributed by atoms with van der Waals surface area (Å²) in [5.41, 5.74) is -0.258. The van der Waals surface area contributed by atoms with Crippen LogP contribution in [0.5, 0.6) is 0 Å². The molecule has 5 aliphatic rings. The Hall–Kier alpha value is -1.59. The van der Waals surface area contributed by atoms with Gasteiger partial charge in [0.25, 0.3) is 0 Å². The second-order valence-electron chi connectivity index (χ2n) is 9.95. The maximum Gasteiger partial charge on any atom is 0.243 e. The summed E-state index contributed by atoms with van der Waals surface area (Å²) in [6, 6.07) is -0.301. The van der Waals surface area contributed by atoms with E-state index in [0.29, 0.717) is 17.8 Å². The normalized spacial score (nSPS) is 35.0. The van der Waals surface area contributed by atoms with Crippen LogP contribution >= 0.6 is 0 Å². The van der Waals surface area contributed by atoms with Crippen molar-refractivity contribution in [2.75, 3.05) is 6.54 Å². The van der Waals surface area contributed by atoms with Crippen LogP contribution < -0.4 is 16.0 Å². The lowest BCUT2D eigenvalue weighted by atomic mass is 9.49. The lowest BCUT2D eigenvalue weighted by Crippen LogP contribution is -2.58. The van der Waals surface area contributed by atoms with Crippen LogP contribution in [0.4, 0.5) is 0 Å². The summed E-state index contributed by atoms with van der Waals surface area (Å²) < 4.78 is 0. The Morgan fingerprint density at radius 3 is 2.00 bits per heavy atom. The van der Waals surface area contributed by atoms with Gasteiger partial charge in [-0.1, -0.05) is 13.8 Å². The molecular formula is C21H33N3O3. The van der Waals surface area contributed by atoms with Crippen molar-refractivity contribution < 1.29 is 14.4 Å². The molecule has 4 bridgehead atoms. The first kappa shape index (κ1) is 18.8. The standard InChI is InChI=1S/C21H33N3O3/c1-12(2)18(19(26)22-11-17(25)23-16-3-4-16)24-20(27)21-8-13-5-14(9-21)7-15(6-13)10-21/h12-16,18H,3-11H2,1-2H3,(H,22,26)(H,23,25)(H,24,27)/t13?,14?,15?,18-,21?/m0/s1. The molecule has 3 N–H and O–H groups in total. The molecule has 0 saturated heterocycles. The SMILES string of the molecule is CC(C)[C@H](NC(=O)C12CC3CC(CC(C3)C1)C2)C(=O)NCC(=O)NC1CC1. The Kier molecular flexibility index (Phi) is 4.93. The molecule has 5 aliphatic carbocycles. The third kappa shape index (κ3) is 3.99. The van der Waals surface area contributed by atoms with Gasteiger partial charge in [0.1, 0.15) is 6.04 Å². The van der Waals surface area contributed by atoms with Crippen molar-refractivity contribution >= 4 is 17.7 Å². The minimum atomic E-state index is -0.584. The first-order valence-electron chi connectivity index (χ1n) is 10.7. The van der Waals surface area contributed by atoms with Gasteiger partial charge in [0.05, 0.1) is 6.54 Å². The Morgan fingerprint density at radius 1 is 0.963 bits per heavy atom. The van der Waals surface area contributed by atoms with Crippen LogP contribution in [0.15, 0.2) is 0 Å². The molecule has 5 fully saturated rings. The van der Waals surface area contributed by atoms with E-state index in [9.17, 15) is 14.4 Å². The molecule has 150 valence electrons. The molecule has 5 rings (SSSR count). The maximum absolute atomic E-state index is 13.2. The zero-order valence-corrected chi connectivity index (χ0v) is 16.6. The van der Waals surface area contributed by atoms with Crippen molar-refractivity contribution in [2.45, 2.75) is 77.3 Å². The number of carbonyl (C=O) groups excluding carboxylic acids is 3. The number of amides is 3. The van der Waals surface area contributed by atoms with Crippen molar-refractivity contribution in [3.63, 3.8) is 0 Å². The third-order valence-electron chi connectivity index (χ3n) is 7.12. The molecule has 6 nitrogen and oxygen atoms in total. The summed E-state index contributed by atoms with van der Waals surface area (Å²) in [5, 5.41) is 8.64. The number of nitrogens with one attached hydrogen (secondary N) is 3. The molecule has 0 unspecified atom stereocenters. The van der Waals surface area contributed by atoms with Crippen LogP contribution in [-0.2, 0) is 14.4 Å². The van der Waals surface area contributed by atoms with E-state index < -0.39 is 6.04 Å². The Labute approximate surface area is 161 Å². The highest BCUT2D eigenvalue weighted by molar-refractivity contribution is 5.92. The zero-order chi connectivity index (χ0) is 19.2. The maximum atomic E-state index is 13.2. The molecule has 3 amide bonds. The highest BCUT2D eigenvalue weighted by Gasteiger charge is 2.55. The molecule has 1 atom stereocenters. The van der Waals surface area contributed by atoms with Gasteiger partial charge < -0.3 is 16.0 Å². The molecular weight excluding hydrogens is 342 g/mol. The van der Waals surface area contributed by atoms with Crippen molar-refractivity contribution in [3.05, 3.63) is 0 Å². The van der Waals surface area contributed by atoms with Crippen molar-refractivity contribution in [1.82, 2.24) is 16.0 Å².